The Hall–Kier alpha value is -0.830. The Morgan fingerprint density at radius 3 is 1.89 bits per heavy atom. The van der Waals surface area contributed by atoms with Crippen LogP contribution in [0.5, 0.6) is 0 Å². The van der Waals surface area contributed by atoms with Gasteiger partial charge in [-0.3, -0.25) is 4.90 Å². The molecule has 0 aromatic rings. The standard InChI is InChI=1S/C32H55NO2/c1-5-32(34)35-21-20-26-9-11-27(12-10-26)28-13-17-30(18-14-28)33(29-15-6-23(2)7-16-29)31-19-8-24(3)22-25(31)4/h5,23-31H,1,6-22H2,2-4H3. The molecule has 0 radical (unpaired) electrons. The number of nitrogens with zero attached hydrogens (tertiary/aromatic N) is 1. The summed E-state index contributed by atoms with van der Waals surface area (Å²) in [6.45, 7) is 11.6. The lowest BCUT2D eigenvalue weighted by molar-refractivity contribution is -0.138. The van der Waals surface area contributed by atoms with Crippen molar-refractivity contribution in [2.75, 3.05) is 6.61 Å². The van der Waals surface area contributed by atoms with Gasteiger partial charge in [0.25, 0.3) is 0 Å². The van der Waals surface area contributed by atoms with E-state index in [9.17, 15) is 4.79 Å². The highest BCUT2D eigenvalue weighted by Crippen LogP contribution is 2.44. The van der Waals surface area contributed by atoms with E-state index in [4.69, 9.17) is 4.74 Å². The predicted octanol–water partition coefficient (Wildman–Crippen LogP) is 8.18. The highest BCUT2D eigenvalue weighted by molar-refractivity contribution is 5.81. The summed E-state index contributed by atoms with van der Waals surface area (Å²) in [4.78, 5) is 14.4. The van der Waals surface area contributed by atoms with Crippen LogP contribution in [0.15, 0.2) is 12.7 Å². The zero-order valence-electron chi connectivity index (χ0n) is 23.3. The maximum absolute atomic E-state index is 11.3. The fraction of sp³-hybridized carbons (Fsp3) is 0.906. The number of carbonyl (C=O) groups is 1. The number of hydrogen-bond acceptors (Lipinski definition) is 3. The second-order valence-corrected chi connectivity index (χ2v) is 13.3. The fourth-order valence-corrected chi connectivity index (χ4v) is 8.68. The van der Waals surface area contributed by atoms with Crippen LogP contribution in [-0.4, -0.2) is 35.6 Å². The maximum atomic E-state index is 11.3. The zero-order valence-corrected chi connectivity index (χ0v) is 23.3. The second-order valence-electron chi connectivity index (χ2n) is 13.3. The van der Waals surface area contributed by atoms with Crippen molar-refractivity contribution in [2.24, 2.45) is 35.5 Å². The van der Waals surface area contributed by atoms with Gasteiger partial charge in [-0.25, -0.2) is 4.79 Å². The topological polar surface area (TPSA) is 29.5 Å². The van der Waals surface area contributed by atoms with Gasteiger partial charge in [-0.2, -0.15) is 0 Å². The molecule has 3 nitrogen and oxygen atoms in total. The molecular formula is C32H55NO2. The van der Waals surface area contributed by atoms with Crippen LogP contribution in [0, 0.1) is 35.5 Å². The van der Waals surface area contributed by atoms with Gasteiger partial charge in [-0.15, -0.1) is 0 Å². The summed E-state index contributed by atoms with van der Waals surface area (Å²) in [6.07, 6.45) is 23.7. The SMILES string of the molecule is C=CC(=O)OCCC1CCC(C2CCC(N(C3CCC(C)CC3)C3CCC(C)CC3C)CC2)CC1. The Morgan fingerprint density at radius 1 is 0.771 bits per heavy atom. The van der Waals surface area contributed by atoms with E-state index in [0.29, 0.717) is 6.61 Å². The summed E-state index contributed by atoms with van der Waals surface area (Å²) in [5, 5.41) is 0. The molecule has 0 heterocycles. The molecule has 35 heavy (non-hydrogen) atoms. The molecule has 4 saturated carbocycles. The van der Waals surface area contributed by atoms with Gasteiger partial charge in [0.2, 0.25) is 0 Å². The number of ether oxygens (including phenoxy) is 1. The second kappa shape index (κ2) is 13.1. The summed E-state index contributed by atoms with van der Waals surface area (Å²) in [5.41, 5.74) is 0. The highest BCUT2D eigenvalue weighted by Gasteiger charge is 2.41. The van der Waals surface area contributed by atoms with Crippen molar-refractivity contribution in [3.05, 3.63) is 12.7 Å². The maximum Gasteiger partial charge on any atom is 0.330 e. The third-order valence-electron chi connectivity index (χ3n) is 10.8. The predicted molar refractivity (Wildman–Crippen MR) is 146 cm³/mol. The summed E-state index contributed by atoms with van der Waals surface area (Å²) >= 11 is 0. The molecule has 0 saturated heterocycles. The highest BCUT2D eigenvalue weighted by atomic mass is 16.5. The average molecular weight is 486 g/mol. The van der Waals surface area contributed by atoms with Gasteiger partial charge < -0.3 is 4.74 Å². The normalized spacial score (nSPS) is 40.9. The van der Waals surface area contributed by atoms with E-state index in [0.717, 1.165) is 60.1 Å². The number of rotatable bonds is 8. The Labute approximate surface area is 216 Å². The molecule has 200 valence electrons. The van der Waals surface area contributed by atoms with Gasteiger partial charge in [0.1, 0.15) is 0 Å². The van der Waals surface area contributed by atoms with Gasteiger partial charge >= 0.3 is 5.97 Å². The number of esters is 1. The van der Waals surface area contributed by atoms with E-state index >= 15 is 0 Å². The quantitative estimate of drug-likeness (QED) is 0.256. The van der Waals surface area contributed by atoms with Crippen molar-refractivity contribution in [1.82, 2.24) is 4.90 Å². The third kappa shape index (κ3) is 7.36. The monoisotopic (exact) mass is 485 g/mol. The molecular weight excluding hydrogens is 430 g/mol. The largest absolute Gasteiger partial charge is 0.463 e. The van der Waals surface area contributed by atoms with Gasteiger partial charge in [-0.05, 0) is 125 Å². The zero-order chi connectivity index (χ0) is 24.8. The Morgan fingerprint density at radius 2 is 1.31 bits per heavy atom. The van der Waals surface area contributed by atoms with Crippen molar-refractivity contribution in [2.45, 2.75) is 142 Å². The van der Waals surface area contributed by atoms with Gasteiger partial charge in [0.05, 0.1) is 6.61 Å². The first-order valence-corrected chi connectivity index (χ1v) is 15.5. The molecule has 3 atom stereocenters. The lowest BCUT2D eigenvalue weighted by Gasteiger charge is -2.51. The summed E-state index contributed by atoms with van der Waals surface area (Å²) in [7, 11) is 0. The number of hydrogen-bond donors (Lipinski definition) is 0. The minimum Gasteiger partial charge on any atom is -0.463 e. The summed E-state index contributed by atoms with van der Waals surface area (Å²) in [6, 6.07) is 2.55. The number of carbonyl (C=O) groups excluding carboxylic acids is 1. The smallest absolute Gasteiger partial charge is 0.330 e. The molecule has 3 unspecified atom stereocenters. The first-order chi connectivity index (χ1) is 16.9. The molecule has 3 heteroatoms. The average Bonchev–Trinajstić information content (AvgIpc) is 2.87. The van der Waals surface area contributed by atoms with Crippen molar-refractivity contribution < 1.29 is 9.53 Å². The molecule has 0 aromatic heterocycles. The van der Waals surface area contributed by atoms with E-state index < -0.39 is 0 Å². The van der Waals surface area contributed by atoms with Gasteiger partial charge in [-0.1, -0.05) is 40.2 Å². The lowest BCUT2D eigenvalue weighted by atomic mass is 9.69. The van der Waals surface area contributed by atoms with E-state index in [1.165, 1.54) is 102 Å². The van der Waals surface area contributed by atoms with Crippen LogP contribution < -0.4 is 0 Å². The van der Waals surface area contributed by atoms with Crippen LogP contribution in [0.3, 0.4) is 0 Å². The molecule has 4 aliphatic rings. The summed E-state index contributed by atoms with van der Waals surface area (Å²) < 4.78 is 5.23. The van der Waals surface area contributed by atoms with Crippen molar-refractivity contribution in [3.63, 3.8) is 0 Å². The van der Waals surface area contributed by atoms with Crippen LogP contribution in [0.1, 0.15) is 124 Å². The lowest BCUT2D eigenvalue weighted by Crippen LogP contribution is -2.55. The van der Waals surface area contributed by atoms with Crippen molar-refractivity contribution in [1.29, 1.82) is 0 Å². The van der Waals surface area contributed by atoms with E-state index in [-0.39, 0.29) is 5.97 Å². The Balaban J connectivity index is 1.27. The minimum atomic E-state index is -0.274. The molecule has 4 aliphatic carbocycles. The molecule has 0 spiro atoms. The molecule has 0 N–H and O–H groups in total. The minimum absolute atomic E-state index is 0.274. The molecule has 4 fully saturated rings. The van der Waals surface area contributed by atoms with Crippen LogP contribution in [0.4, 0.5) is 0 Å². The van der Waals surface area contributed by atoms with Crippen LogP contribution in [0.2, 0.25) is 0 Å². The Kier molecular flexibility index (Phi) is 10.2. The molecule has 0 aliphatic heterocycles. The van der Waals surface area contributed by atoms with Crippen molar-refractivity contribution >= 4 is 5.97 Å². The van der Waals surface area contributed by atoms with E-state index in [2.05, 4.69) is 32.3 Å². The molecule has 0 aromatic carbocycles. The van der Waals surface area contributed by atoms with E-state index in [1.807, 2.05) is 0 Å². The fourth-order valence-electron chi connectivity index (χ4n) is 8.68. The van der Waals surface area contributed by atoms with Crippen LogP contribution in [-0.2, 0) is 9.53 Å². The molecule has 4 rings (SSSR count). The van der Waals surface area contributed by atoms with Crippen molar-refractivity contribution in [3.8, 4) is 0 Å². The summed E-state index contributed by atoms with van der Waals surface area (Å²) in [5.74, 6) is 5.12. The Bertz CT molecular complexity index is 652. The first-order valence-electron chi connectivity index (χ1n) is 15.5. The molecule has 0 amide bonds. The van der Waals surface area contributed by atoms with Crippen LogP contribution >= 0.6 is 0 Å². The van der Waals surface area contributed by atoms with Gasteiger partial charge in [0, 0.05) is 24.2 Å². The van der Waals surface area contributed by atoms with Crippen LogP contribution in [0.25, 0.3) is 0 Å². The molecule has 0 bridgehead atoms. The van der Waals surface area contributed by atoms with E-state index in [1.54, 1.807) is 0 Å². The first kappa shape index (κ1) is 27.2. The van der Waals surface area contributed by atoms with Gasteiger partial charge in [0.15, 0.2) is 0 Å². The third-order valence-corrected chi connectivity index (χ3v) is 10.8.